The topological polar surface area (TPSA) is 71.0 Å². The van der Waals surface area contributed by atoms with Crippen LogP contribution in [0.15, 0.2) is 48.5 Å². The van der Waals surface area contributed by atoms with E-state index in [1.807, 2.05) is 24.3 Å². The van der Waals surface area contributed by atoms with Gasteiger partial charge >= 0.3 is 0 Å². The van der Waals surface area contributed by atoms with Crippen molar-refractivity contribution in [3.05, 3.63) is 99.9 Å². The van der Waals surface area contributed by atoms with E-state index in [1.54, 1.807) is 12.1 Å². The minimum absolute atomic E-state index is 0.0474. The molecule has 11 heteroatoms. The summed E-state index contributed by atoms with van der Waals surface area (Å²) in [6.45, 7) is 10.6. The van der Waals surface area contributed by atoms with E-state index in [1.165, 1.54) is 12.1 Å². The Morgan fingerprint density at radius 1 is 0.915 bits per heavy atom. The van der Waals surface area contributed by atoms with Gasteiger partial charge in [-0.15, -0.1) is 0 Å². The molecule has 1 amide bonds. The summed E-state index contributed by atoms with van der Waals surface area (Å²) in [6.07, 6.45) is 1.83. The van der Waals surface area contributed by atoms with Gasteiger partial charge in [-0.05, 0) is 53.4 Å². The number of rotatable bonds is 7. The molecule has 252 valence electrons. The lowest BCUT2D eigenvalue weighted by Gasteiger charge is -2.43. The van der Waals surface area contributed by atoms with Gasteiger partial charge in [-0.2, -0.15) is 0 Å². The third-order valence-corrected chi connectivity index (χ3v) is 9.91. The van der Waals surface area contributed by atoms with Crippen LogP contribution in [0.2, 0.25) is 0 Å². The number of anilines is 1. The van der Waals surface area contributed by atoms with Crippen LogP contribution in [-0.4, -0.2) is 41.1 Å². The molecule has 0 aromatic heterocycles. The van der Waals surface area contributed by atoms with Crippen molar-refractivity contribution >= 4 is 11.6 Å². The zero-order valence-electron chi connectivity index (χ0n) is 26.8. The number of fused-ring (bicyclic) bond motifs is 2. The van der Waals surface area contributed by atoms with Crippen molar-refractivity contribution < 1.29 is 41.3 Å². The number of nitrogens with one attached hydrogen (secondary N) is 1. The minimum Gasteiger partial charge on any atom is -0.392 e. The van der Waals surface area contributed by atoms with Crippen molar-refractivity contribution in [2.24, 2.45) is 16.7 Å². The van der Waals surface area contributed by atoms with Gasteiger partial charge in [0.25, 0.3) is 5.91 Å². The predicted octanol–water partition coefficient (Wildman–Crippen LogP) is 7.82. The lowest BCUT2D eigenvalue weighted by Crippen LogP contribution is -2.46. The standard InChI is InChI=1S/C36H39F5N2O4/c1-19-25(15-43-18-36(4)14-24(43)13-35(2,3)17-36)46-34(47-32(19)21-10-8-20(16-44)9-11-21)22-6-5-7-23(12-22)42-33(45)26-27(37)29(39)31(41)30(40)28(26)38/h5-12,19,24-25,32,34,44H,13-18H2,1-4H3,(H,42,45). The normalized spacial score (nSPS) is 28.8. The molecular weight excluding hydrogens is 619 g/mol. The van der Waals surface area contributed by atoms with E-state index in [9.17, 15) is 31.9 Å². The molecule has 2 saturated heterocycles. The molecule has 47 heavy (non-hydrogen) atoms. The van der Waals surface area contributed by atoms with E-state index >= 15 is 0 Å². The second kappa shape index (κ2) is 12.6. The first-order chi connectivity index (χ1) is 22.2. The summed E-state index contributed by atoms with van der Waals surface area (Å²) in [5, 5.41) is 11.8. The summed E-state index contributed by atoms with van der Waals surface area (Å²) < 4.78 is 82.9. The molecule has 6 unspecified atom stereocenters. The van der Waals surface area contributed by atoms with Crippen molar-refractivity contribution in [2.45, 2.75) is 78.1 Å². The lowest BCUT2D eigenvalue weighted by molar-refractivity contribution is -0.276. The number of benzene rings is 3. The number of hydrogen-bond donors (Lipinski definition) is 2. The number of aliphatic hydroxyl groups is 1. The largest absolute Gasteiger partial charge is 0.392 e. The van der Waals surface area contributed by atoms with E-state index in [-0.39, 0.29) is 35.1 Å². The zero-order chi connectivity index (χ0) is 33.8. The maximum absolute atomic E-state index is 14.3. The van der Waals surface area contributed by atoms with Gasteiger partial charge in [0.2, 0.25) is 5.82 Å². The summed E-state index contributed by atoms with van der Waals surface area (Å²) in [7, 11) is 0. The third-order valence-electron chi connectivity index (χ3n) is 9.91. The van der Waals surface area contributed by atoms with Crippen LogP contribution in [-0.2, 0) is 16.1 Å². The molecule has 0 radical (unpaired) electrons. The summed E-state index contributed by atoms with van der Waals surface area (Å²) >= 11 is 0. The van der Waals surface area contributed by atoms with Crippen molar-refractivity contribution in [2.75, 3.05) is 18.4 Å². The maximum atomic E-state index is 14.3. The third kappa shape index (κ3) is 6.55. The number of ether oxygens (including phenoxy) is 2. The van der Waals surface area contributed by atoms with Crippen LogP contribution in [0, 0.1) is 45.8 Å². The Bertz CT molecular complexity index is 1640. The summed E-state index contributed by atoms with van der Waals surface area (Å²) in [4.78, 5) is 15.3. The highest BCUT2D eigenvalue weighted by Crippen LogP contribution is 2.53. The van der Waals surface area contributed by atoms with Crippen molar-refractivity contribution in [1.82, 2.24) is 4.90 Å². The highest BCUT2D eigenvalue weighted by atomic mass is 19.2. The molecule has 2 aliphatic heterocycles. The highest BCUT2D eigenvalue weighted by Gasteiger charge is 2.51. The molecule has 3 aliphatic rings. The average molecular weight is 659 g/mol. The molecule has 1 saturated carbocycles. The van der Waals surface area contributed by atoms with Crippen LogP contribution in [0.5, 0.6) is 0 Å². The van der Waals surface area contributed by atoms with Crippen LogP contribution >= 0.6 is 0 Å². The summed E-state index contributed by atoms with van der Waals surface area (Å²) in [6, 6.07) is 14.1. The SMILES string of the molecule is CC1C(CN2CC3(C)CC2CC(C)(C)C3)OC(c2cccc(NC(=O)c3c(F)c(F)c(F)c(F)c3F)c2)OC1c1ccc(CO)cc1. The molecular formula is C36H39F5N2O4. The molecule has 2 heterocycles. The van der Waals surface area contributed by atoms with E-state index in [0.29, 0.717) is 18.2 Å². The van der Waals surface area contributed by atoms with Crippen molar-refractivity contribution in [3.8, 4) is 0 Å². The maximum Gasteiger partial charge on any atom is 0.261 e. The van der Waals surface area contributed by atoms with Gasteiger partial charge in [-0.25, -0.2) is 22.0 Å². The second-order valence-corrected chi connectivity index (χ2v) is 14.5. The quantitative estimate of drug-likeness (QED) is 0.154. The molecule has 6 nitrogen and oxygen atoms in total. The Morgan fingerprint density at radius 2 is 1.57 bits per heavy atom. The van der Waals surface area contributed by atoms with Crippen molar-refractivity contribution in [3.63, 3.8) is 0 Å². The first kappa shape index (κ1) is 33.5. The fraction of sp³-hybridized carbons (Fsp3) is 0.472. The summed E-state index contributed by atoms with van der Waals surface area (Å²) in [5.41, 5.74) is 1.09. The van der Waals surface area contributed by atoms with Crippen LogP contribution in [0.1, 0.15) is 86.4 Å². The highest BCUT2D eigenvalue weighted by molar-refractivity contribution is 6.04. The predicted molar refractivity (Wildman–Crippen MR) is 165 cm³/mol. The fourth-order valence-corrected chi connectivity index (χ4v) is 8.11. The molecule has 1 aliphatic carbocycles. The number of amides is 1. The van der Waals surface area contributed by atoms with Crippen molar-refractivity contribution in [1.29, 1.82) is 0 Å². The molecule has 2 N–H and O–H groups in total. The number of hydrogen-bond acceptors (Lipinski definition) is 5. The molecule has 6 rings (SSSR count). The van der Waals surface area contributed by atoms with Gasteiger partial charge in [-0.1, -0.05) is 64.1 Å². The Kier molecular flexibility index (Phi) is 8.97. The molecule has 3 fully saturated rings. The number of carbonyl (C=O) groups is 1. The van der Waals surface area contributed by atoms with Gasteiger partial charge in [0.05, 0.1) is 18.8 Å². The van der Waals surface area contributed by atoms with E-state index < -0.39 is 53.0 Å². The minimum atomic E-state index is -2.34. The van der Waals surface area contributed by atoms with Gasteiger partial charge in [-0.3, -0.25) is 9.69 Å². The Balaban J connectivity index is 1.28. The smallest absolute Gasteiger partial charge is 0.261 e. The van der Waals surface area contributed by atoms with Crippen LogP contribution < -0.4 is 5.32 Å². The Labute approximate surface area is 270 Å². The van der Waals surface area contributed by atoms with Gasteiger partial charge in [0, 0.05) is 36.3 Å². The first-order valence-electron chi connectivity index (χ1n) is 15.9. The molecule has 3 aromatic carbocycles. The fourth-order valence-electron chi connectivity index (χ4n) is 8.11. The number of carbonyl (C=O) groups excluding carboxylic acids is 1. The molecule has 6 atom stereocenters. The monoisotopic (exact) mass is 658 g/mol. The van der Waals surface area contributed by atoms with Crippen LogP contribution in [0.4, 0.5) is 27.6 Å². The number of halogens is 5. The Hall–Kier alpha value is -3.38. The molecule has 0 spiro atoms. The number of aliphatic hydroxyl groups excluding tert-OH is 1. The second-order valence-electron chi connectivity index (χ2n) is 14.5. The summed E-state index contributed by atoms with van der Waals surface area (Å²) in [5.74, 6) is -12.7. The van der Waals surface area contributed by atoms with Gasteiger partial charge < -0.3 is 19.9 Å². The first-order valence-corrected chi connectivity index (χ1v) is 15.9. The molecule has 3 aromatic rings. The zero-order valence-corrected chi connectivity index (χ0v) is 26.8. The lowest BCUT2D eigenvalue weighted by atomic mass is 9.65. The van der Waals surface area contributed by atoms with Gasteiger partial charge in [0.15, 0.2) is 29.6 Å². The number of likely N-dealkylation sites (tertiary alicyclic amines) is 1. The van der Waals surface area contributed by atoms with Crippen LogP contribution in [0.3, 0.4) is 0 Å². The Morgan fingerprint density at radius 3 is 2.23 bits per heavy atom. The average Bonchev–Trinajstić information content (AvgIpc) is 3.27. The number of nitrogens with zero attached hydrogens (tertiary/aromatic N) is 1. The van der Waals surface area contributed by atoms with Gasteiger partial charge in [0.1, 0.15) is 5.56 Å². The van der Waals surface area contributed by atoms with E-state index in [4.69, 9.17) is 9.47 Å². The van der Waals surface area contributed by atoms with E-state index in [2.05, 4.69) is 37.9 Å². The molecule has 2 bridgehead atoms. The van der Waals surface area contributed by atoms with E-state index in [0.717, 1.165) is 36.9 Å². The van der Waals surface area contributed by atoms with Crippen LogP contribution in [0.25, 0.3) is 0 Å².